The van der Waals surface area contributed by atoms with E-state index in [1.54, 1.807) is 11.3 Å². The summed E-state index contributed by atoms with van der Waals surface area (Å²) >= 11 is 1.64. The number of aliphatic hydroxyl groups excluding tert-OH is 1. The Kier molecular flexibility index (Phi) is 2.44. The molecule has 1 fully saturated rings. The first-order chi connectivity index (χ1) is 5.88. The van der Waals surface area contributed by atoms with E-state index in [0.29, 0.717) is 0 Å². The first-order valence-corrected chi connectivity index (χ1v) is 5.26. The highest BCUT2D eigenvalue weighted by atomic mass is 32.1. The molecule has 2 atom stereocenters. The maximum Gasteiger partial charge on any atom is 0.0950 e. The Morgan fingerprint density at radius 1 is 1.67 bits per heavy atom. The molecule has 3 heteroatoms. The monoisotopic (exact) mass is 183 g/mol. The fourth-order valence-electron chi connectivity index (χ4n) is 1.66. The molecule has 2 rings (SSSR count). The van der Waals surface area contributed by atoms with Gasteiger partial charge in [-0.1, -0.05) is 0 Å². The second-order valence-electron chi connectivity index (χ2n) is 3.20. The van der Waals surface area contributed by atoms with Crippen LogP contribution in [0.25, 0.3) is 0 Å². The maximum absolute atomic E-state index is 9.85. The summed E-state index contributed by atoms with van der Waals surface area (Å²) < 4.78 is 0. The Labute approximate surface area is 76.2 Å². The van der Waals surface area contributed by atoms with E-state index in [2.05, 4.69) is 5.32 Å². The van der Waals surface area contributed by atoms with Crippen LogP contribution in [0.15, 0.2) is 16.8 Å². The van der Waals surface area contributed by atoms with Crippen LogP contribution in [0.2, 0.25) is 0 Å². The third-order valence-corrected chi connectivity index (χ3v) is 3.07. The molecule has 1 aliphatic rings. The summed E-state index contributed by atoms with van der Waals surface area (Å²) in [6.45, 7) is 1.05. The van der Waals surface area contributed by atoms with E-state index in [-0.39, 0.29) is 12.1 Å². The lowest BCUT2D eigenvalue weighted by Gasteiger charge is -2.16. The van der Waals surface area contributed by atoms with Crippen LogP contribution in [0.1, 0.15) is 24.5 Å². The molecule has 1 unspecified atom stereocenters. The average molecular weight is 183 g/mol. The van der Waals surface area contributed by atoms with Crippen molar-refractivity contribution in [3.8, 4) is 0 Å². The highest BCUT2D eigenvalue weighted by Gasteiger charge is 2.23. The minimum absolute atomic E-state index is 0.277. The molecule has 2 nitrogen and oxygen atoms in total. The predicted octanol–water partition coefficient (Wildman–Crippen LogP) is 1.53. The van der Waals surface area contributed by atoms with Crippen LogP contribution in [0, 0.1) is 0 Å². The van der Waals surface area contributed by atoms with Gasteiger partial charge < -0.3 is 10.4 Å². The second kappa shape index (κ2) is 3.56. The summed E-state index contributed by atoms with van der Waals surface area (Å²) in [6, 6.07) is 2.27. The van der Waals surface area contributed by atoms with Gasteiger partial charge in [0.15, 0.2) is 0 Å². The minimum atomic E-state index is -0.307. The average Bonchev–Trinajstić information content (AvgIpc) is 2.77. The molecule has 12 heavy (non-hydrogen) atoms. The molecule has 0 aromatic carbocycles. The lowest BCUT2D eigenvalue weighted by molar-refractivity contribution is 0.138. The molecule has 0 bridgehead atoms. The van der Waals surface area contributed by atoms with Gasteiger partial charge in [-0.2, -0.15) is 11.3 Å². The number of hydrogen-bond donors (Lipinski definition) is 2. The molecule has 0 radical (unpaired) electrons. The highest BCUT2D eigenvalue weighted by molar-refractivity contribution is 7.07. The van der Waals surface area contributed by atoms with Crippen LogP contribution in [0.4, 0.5) is 0 Å². The van der Waals surface area contributed by atoms with Crippen molar-refractivity contribution in [3.63, 3.8) is 0 Å². The van der Waals surface area contributed by atoms with Gasteiger partial charge in [-0.3, -0.25) is 0 Å². The van der Waals surface area contributed by atoms with Crippen LogP contribution in [0.5, 0.6) is 0 Å². The van der Waals surface area contributed by atoms with Gasteiger partial charge in [0.2, 0.25) is 0 Å². The molecule has 1 aliphatic heterocycles. The SMILES string of the molecule is OC(c1ccsc1)[C@H]1CCCN1. The van der Waals surface area contributed by atoms with Crippen LogP contribution < -0.4 is 5.32 Å². The van der Waals surface area contributed by atoms with Crippen molar-refractivity contribution in [1.29, 1.82) is 0 Å². The van der Waals surface area contributed by atoms with Gasteiger partial charge >= 0.3 is 0 Å². The molecular weight excluding hydrogens is 170 g/mol. The Balaban J connectivity index is 2.04. The van der Waals surface area contributed by atoms with Crippen molar-refractivity contribution in [3.05, 3.63) is 22.4 Å². The zero-order valence-electron chi connectivity index (χ0n) is 6.86. The third kappa shape index (κ3) is 1.53. The summed E-state index contributed by atoms with van der Waals surface area (Å²) in [4.78, 5) is 0. The van der Waals surface area contributed by atoms with E-state index in [4.69, 9.17) is 0 Å². The molecule has 2 heterocycles. The zero-order chi connectivity index (χ0) is 8.39. The van der Waals surface area contributed by atoms with E-state index in [1.807, 2.05) is 16.8 Å². The first kappa shape index (κ1) is 8.23. The van der Waals surface area contributed by atoms with E-state index >= 15 is 0 Å². The zero-order valence-corrected chi connectivity index (χ0v) is 7.68. The first-order valence-electron chi connectivity index (χ1n) is 4.31. The Bertz CT molecular complexity index is 229. The summed E-state index contributed by atoms with van der Waals surface area (Å²) in [5, 5.41) is 17.2. The van der Waals surface area contributed by atoms with Gasteiger partial charge in [-0.05, 0) is 41.8 Å². The molecule has 2 N–H and O–H groups in total. The Hall–Kier alpha value is -0.380. The molecule has 1 aromatic rings. The third-order valence-electron chi connectivity index (χ3n) is 2.36. The lowest BCUT2D eigenvalue weighted by Crippen LogP contribution is -2.28. The van der Waals surface area contributed by atoms with E-state index in [0.717, 1.165) is 18.5 Å². The van der Waals surface area contributed by atoms with Crippen LogP contribution in [-0.4, -0.2) is 17.7 Å². The van der Waals surface area contributed by atoms with E-state index in [1.165, 1.54) is 6.42 Å². The highest BCUT2D eigenvalue weighted by Crippen LogP contribution is 2.24. The predicted molar refractivity (Wildman–Crippen MR) is 50.3 cm³/mol. The van der Waals surface area contributed by atoms with Gasteiger partial charge in [0, 0.05) is 6.04 Å². The molecule has 0 aliphatic carbocycles. The standard InChI is InChI=1S/C9H13NOS/c11-9(7-3-5-12-6-7)8-2-1-4-10-8/h3,5-6,8-11H,1-2,4H2/t8-,9?/m1/s1. The molecule has 1 saturated heterocycles. The summed E-state index contributed by atoms with van der Waals surface area (Å²) in [6.07, 6.45) is 1.97. The molecule has 66 valence electrons. The summed E-state index contributed by atoms with van der Waals surface area (Å²) in [5.74, 6) is 0. The van der Waals surface area contributed by atoms with Crippen LogP contribution >= 0.6 is 11.3 Å². The Morgan fingerprint density at radius 2 is 2.58 bits per heavy atom. The van der Waals surface area contributed by atoms with Crippen molar-refractivity contribution in [2.45, 2.75) is 25.0 Å². The van der Waals surface area contributed by atoms with Crippen molar-refractivity contribution < 1.29 is 5.11 Å². The smallest absolute Gasteiger partial charge is 0.0950 e. The largest absolute Gasteiger partial charge is 0.387 e. The quantitative estimate of drug-likeness (QED) is 0.729. The summed E-state index contributed by atoms with van der Waals surface area (Å²) in [5.41, 5.74) is 1.06. The van der Waals surface area contributed by atoms with Crippen molar-refractivity contribution in [1.82, 2.24) is 5.32 Å². The summed E-state index contributed by atoms with van der Waals surface area (Å²) in [7, 11) is 0. The minimum Gasteiger partial charge on any atom is -0.387 e. The van der Waals surface area contributed by atoms with Gasteiger partial charge in [0.05, 0.1) is 6.10 Å². The molecule has 0 spiro atoms. The van der Waals surface area contributed by atoms with Crippen LogP contribution in [0.3, 0.4) is 0 Å². The second-order valence-corrected chi connectivity index (χ2v) is 3.98. The van der Waals surface area contributed by atoms with Gasteiger partial charge in [-0.15, -0.1) is 0 Å². The lowest BCUT2D eigenvalue weighted by atomic mass is 10.0. The fraction of sp³-hybridized carbons (Fsp3) is 0.556. The van der Waals surface area contributed by atoms with Gasteiger partial charge in [0.1, 0.15) is 0 Å². The fourth-order valence-corrected chi connectivity index (χ4v) is 2.35. The normalized spacial score (nSPS) is 25.9. The maximum atomic E-state index is 9.85. The number of nitrogens with one attached hydrogen (secondary N) is 1. The topological polar surface area (TPSA) is 32.3 Å². The van der Waals surface area contributed by atoms with Crippen molar-refractivity contribution in [2.24, 2.45) is 0 Å². The van der Waals surface area contributed by atoms with Gasteiger partial charge in [0.25, 0.3) is 0 Å². The van der Waals surface area contributed by atoms with E-state index in [9.17, 15) is 5.11 Å². The molecule has 0 amide bonds. The number of aliphatic hydroxyl groups is 1. The number of hydrogen-bond acceptors (Lipinski definition) is 3. The van der Waals surface area contributed by atoms with Crippen molar-refractivity contribution in [2.75, 3.05) is 6.54 Å². The van der Waals surface area contributed by atoms with Gasteiger partial charge in [-0.25, -0.2) is 0 Å². The van der Waals surface area contributed by atoms with Crippen molar-refractivity contribution >= 4 is 11.3 Å². The molecule has 0 saturated carbocycles. The number of thiophene rings is 1. The molecular formula is C9H13NOS. The number of rotatable bonds is 2. The van der Waals surface area contributed by atoms with Crippen LogP contribution in [-0.2, 0) is 0 Å². The Morgan fingerprint density at radius 3 is 3.17 bits per heavy atom. The van der Waals surface area contributed by atoms with E-state index < -0.39 is 0 Å². The molecule has 1 aromatic heterocycles.